The number of carbonyl (C=O) groups excluding carboxylic acids is 2. The van der Waals surface area contributed by atoms with Gasteiger partial charge in [0.15, 0.2) is 0 Å². The molecule has 5 nitrogen and oxygen atoms in total. The van der Waals surface area contributed by atoms with Crippen molar-refractivity contribution in [2.24, 2.45) is 0 Å². The van der Waals surface area contributed by atoms with Gasteiger partial charge in [0.2, 0.25) is 0 Å². The van der Waals surface area contributed by atoms with Gasteiger partial charge in [0, 0.05) is 25.2 Å². The van der Waals surface area contributed by atoms with Gasteiger partial charge in [-0.15, -0.1) is 0 Å². The molecule has 1 aliphatic rings. The number of amides is 1. The second kappa shape index (κ2) is 5.68. The number of aromatic nitrogens is 2. The van der Waals surface area contributed by atoms with E-state index < -0.39 is 0 Å². The maximum atomic E-state index is 12.8. The van der Waals surface area contributed by atoms with Crippen molar-refractivity contribution in [3.63, 3.8) is 0 Å². The van der Waals surface area contributed by atoms with Crippen LogP contribution in [0.15, 0.2) is 30.6 Å². The second-order valence-electron chi connectivity index (χ2n) is 5.64. The Bertz CT molecular complexity index is 677. The maximum absolute atomic E-state index is 12.8. The molecule has 0 N–H and O–H groups in total. The highest BCUT2D eigenvalue weighted by molar-refractivity contribution is 6.01. The summed E-state index contributed by atoms with van der Waals surface area (Å²) in [5, 5.41) is 4.22. The summed E-state index contributed by atoms with van der Waals surface area (Å²) in [6.45, 7) is 2.31. The van der Waals surface area contributed by atoms with Gasteiger partial charge in [0.05, 0.1) is 17.3 Å². The number of hydrogen-bond donors (Lipinski definition) is 0. The van der Waals surface area contributed by atoms with Gasteiger partial charge in [-0.05, 0) is 38.3 Å². The summed E-state index contributed by atoms with van der Waals surface area (Å²) in [6.07, 6.45) is 6.89. The van der Waals surface area contributed by atoms with Gasteiger partial charge >= 0.3 is 0 Å². The van der Waals surface area contributed by atoms with Gasteiger partial charge in [-0.2, -0.15) is 5.10 Å². The number of fused-ring (bicyclic) bond motifs is 1. The lowest BCUT2D eigenvalue weighted by Crippen LogP contribution is -2.44. The van der Waals surface area contributed by atoms with Gasteiger partial charge in [-0.25, -0.2) is 4.52 Å². The minimum Gasteiger partial charge on any atom is -0.335 e. The van der Waals surface area contributed by atoms with Crippen molar-refractivity contribution in [1.82, 2.24) is 14.5 Å². The Kier molecular flexibility index (Phi) is 3.73. The first-order chi connectivity index (χ1) is 10.2. The summed E-state index contributed by atoms with van der Waals surface area (Å²) in [6, 6.07) is 5.71. The van der Waals surface area contributed by atoms with Crippen molar-refractivity contribution in [2.45, 2.75) is 38.6 Å². The molecule has 110 valence electrons. The van der Waals surface area contributed by atoms with Crippen molar-refractivity contribution in [3.8, 4) is 0 Å². The van der Waals surface area contributed by atoms with Crippen molar-refractivity contribution in [3.05, 3.63) is 36.2 Å². The van der Waals surface area contributed by atoms with E-state index >= 15 is 0 Å². The number of rotatable bonds is 3. The van der Waals surface area contributed by atoms with E-state index in [2.05, 4.69) is 5.10 Å². The minimum atomic E-state index is -0.0119. The van der Waals surface area contributed by atoms with Crippen LogP contribution in [0.25, 0.3) is 5.52 Å². The Hall–Kier alpha value is -2.17. The van der Waals surface area contributed by atoms with Crippen molar-refractivity contribution in [1.29, 1.82) is 0 Å². The molecular weight excluding hydrogens is 266 g/mol. The number of piperidine rings is 1. The third kappa shape index (κ3) is 2.68. The van der Waals surface area contributed by atoms with Crippen LogP contribution < -0.4 is 0 Å². The van der Waals surface area contributed by atoms with Crippen molar-refractivity contribution in [2.75, 3.05) is 6.54 Å². The zero-order chi connectivity index (χ0) is 14.8. The van der Waals surface area contributed by atoms with E-state index in [9.17, 15) is 9.59 Å². The monoisotopic (exact) mass is 285 g/mol. The Morgan fingerprint density at radius 1 is 1.33 bits per heavy atom. The molecule has 1 unspecified atom stereocenters. The summed E-state index contributed by atoms with van der Waals surface area (Å²) < 4.78 is 1.71. The molecule has 3 heterocycles. The van der Waals surface area contributed by atoms with E-state index in [1.54, 1.807) is 17.6 Å². The average Bonchev–Trinajstić information content (AvgIpc) is 2.90. The number of hydrogen-bond acceptors (Lipinski definition) is 3. The quantitative estimate of drug-likeness (QED) is 0.869. The van der Waals surface area contributed by atoms with Crippen LogP contribution in [0.1, 0.15) is 43.0 Å². The molecule has 1 fully saturated rings. The summed E-state index contributed by atoms with van der Waals surface area (Å²) in [7, 11) is 0. The molecule has 2 aromatic rings. The third-order valence-corrected chi connectivity index (χ3v) is 4.07. The zero-order valence-electron chi connectivity index (χ0n) is 12.2. The van der Waals surface area contributed by atoms with E-state index in [0.29, 0.717) is 12.0 Å². The Morgan fingerprint density at radius 3 is 3.00 bits per heavy atom. The first-order valence-corrected chi connectivity index (χ1v) is 7.39. The summed E-state index contributed by atoms with van der Waals surface area (Å²) >= 11 is 0. The Labute approximate surface area is 123 Å². The molecule has 1 saturated heterocycles. The number of ketones is 1. The van der Waals surface area contributed by atoms with Gasteiger partial charge < -0.3 is 4.90 Å². The van der Waals surface area contributed by atoms with Crippen LogP contribution >= 0.6 is 0 Å². The van der Waals surface area contributed by atoms with E-state index in [1.165, 1.54) is 0 Å². The van der Waals surface area contributed by atoms with Crippen LogP contribution in [0.2, 0.25) is 0 Å². The number of likely N-dealkylation sites (tertiary alicyclic amines) is 1. The standard InChI is InChI=1S/C16H19N3O2/c1-12(20)10-13-6-2-4-8-18(13)16(21)14-11-17-19-9-5-3-7-15(14)19/h3,5,7,9,11,13H,2,4,6,8,10H2,1H3. The average molecular weight is 285 g/mol. The highest BCUT2D eigenvalue weighted by Gasteiger charge is 2.29. The van der Waals surface area contributed by atoms with E-state index in [0.717, 1.165) is 31.3 Å². The van der Waals surface area contributed by atoms with E-state index in [1.807, 2.05) is 29.3 Å². The lowest BCUT2D eigenvalue weighted by molar-refractivity contribution is -0.118. The fourth-order valence-corrected chi connectivity index (χ4v) is 3.07. The zero-order valence-corrected chi connectivity index (χ0v) is 12.2. The number of Topliss-reactive ketones (excluding diaryl/α,β-unsaturated/α-hetero) is 1. The van der Waals surface area contributed by atoms with E-state index in [-0.39, 0.29) is 17.7 Å². The molecule has 0 spiro atoms. The fourth-order valence-electron chi connectivity index (χ4n) is 3.07. The number of carbonyl (C=O) groups is 2. The van der Waals surface area contributed by atoms with Crippen LogP contribution in [0.3, 0.4) is 0 Å². The molecular formula is C16H19N3O2. The maximum Gasteiger partial charge on any atom is 0.257 e. The number of pyridine rings is 1. The SMILES string of the molecule is CC(=O)CC1CCCCN1C(=O)c1cnn2ccccc12. The van der Waals surface area contributed by atoms with Gasteiger partial charge in [-0.1, -0.05) is 6.07 Å². The molecule has 0 saturated carbocycles. The topological polar surface area (TPSA) is 54.7 Å². The molecule has 0 radical (unpaired) electrons. The molecule has 0 bridgehead atoms. The van der Waals surface area contributed by atoms with Crippen molar-refractivity contribution < 1.29 is 9.59 Å². The van der Waals surface area contributed by atoms with E-state index in [4.69, 9.17) is 0 Å². The largest absolute Gasteiger partial charge is 0.335 e. The first-order valence-electron chi connectivity index (χ1n) is 7.39. The van der Waals surface area contributed by atoms with Gasteiger partial charge in [0.1, 0.15) is 5.78 Å². The Morgan fingerprint density at radius 2 is 2.19 bits per heavy atom. The molecule has 2 aromatic heterocycles. The second-order valence-corrected chi connectivity index (χ2v) is 5.64. The van der Waals surface area contributed by atoms with Crippen LogP contribution in [0.4, 0.5) is 0 Å². The minimum absolute atomic E-state index is 0.0119. The summed E-state index contributed by atoms with van der Waals surface area (Å²) in [5.41, 5.74) is 1.43. The highest BCUT2D eigenvalue weighted by atomic mass is 16.2. The molecule has 5 heteroatoms. The summed E-state index contributed by atoms with van der Waals surface area (Å²) in [4.78, 5) is 26.1. The molecule has 21 heavy (non-hydrogen) atoms. The van der Waals surface area contributed by atoms with Crippen LogP contribution in [0, 0.1) is 0 Å². The lowest BCUT2D eigenvalue weighted by atomic mass is 9.97. The molecule has 1 atom stereocenters. The molecule has 1 amide bonds. The van der Waals surface area contributed by atoms with Crippen molar-refractivity contribution >= 4 is 17.2 Å². The molecule has 0 aromatic carbocycles. The smallest absolute Gasteiger partial charge is 0.257 e. The van der Waals surface area contributed by atoms with Gasteiger partial charge in [-0.3, -0.25) is 9.59 Å². The predicted molar refractivity (Wildman–Crippen MR) is 79.2 cm³/mol. The Balaban J connectivity index is 1.90. The fraction of sp³-hybridized carbons (Fsp3) is 0.438. The van der Waals surface area contributed by atoms with Crippen LogP contribution in [-0.2, 0) is 4.79 Å². The summed E-state index contributed by atoms with van der Waals surface area (Å²) in [5.74, 6) is 0.127. The lowest BCUT2D eigenvalue weighted by Gasteiger charge is -2.35. The third-order valence-electron chi connectivity index (χ3n) is 4.07. The predicted octanol–water partition coefficient (Wildman–Crippen LogP) is 2.31. The van der Waals surface area contributed by atoms with Crippen LogP contribution in [-0.4, -0.2) is 38.8 Å². The first kappa shape index (κ1) is 13.8. The van der Waals surface area contributed by atoms with Gasteiger partial charge in [0.25, 0.3) is 5.91 Å². The molecule has 3 rings (SSSR count). The normalized spacial score (nSPS) is 18.9. The highest BCUT2D eigenvalue weighted by Crippen LogP contribution is 2.23. The van der Waals surface area contributed by atoms with Crippen LogP contribution in [0.5, 0.6) is 0 Å². The number of nitrogens with zero attached hydrogens (tertiary/aromatic N) is 3. The molecule has 1 aliphatic heterocycles. The molecule has 0 aliphatic carbocycles.